The second-order valence-corrected chi connectivity index (χ2v) is 5.14. The van der Waals surface area contributed by atoms with Crippen LogP contribution in [0.4, 0.5) is 0 Å². The Morgan fingerprint density at radius 1 is 1.13 bits per heavy atom. The smallest absolute Gasteiger partial charge is 0.00985 e. The summed E-state index contributed by atoms with van der Waals surface area (Å²) in [5, 5.41) is 3.81. The van der Waals surface area contributed by atoms with Gasteiger partial charge in [-0.15, -0.1) is 0 Å². The molecule has 15 heavy (non-hydrogen) atoms. The lowest BCUT2D eigenvalue weighted by Gasteiger charge is -2.26. The summed E-state index contributed by atoms with van der Waals surface area (Å²) >= 11 is 0. The highest BCUT2D eigenvalue weighted by Gasteiger charge is 2.35. The van der Waals surface area contributed by atoms with Gasteiger partial charge in [-0.3, -0.25) is 0 Å². The van der Waals surface area contributed by atoms with E-state index in [9.17, 15) is 0 Å². The van der Waals surface area contributed by atoms with E-state index in [0.29, 0.717) is 0 Å². The second kappa shape index (κ2) is 6.52. The molecule has 0 amide bonds. The first-order chi connectivity index (χ1) is 7.26. The molecule has 1 fully saturated rings. The van der Waals surface area contributed by atoms with Crippen LogP contribution in [0.15, 0.2) is 0 Å². The lowest BCUT2D eigenvalue weighted by Crippen LogP contribution is -2.32. The normalized spacial score (nSPS) is 33.2. The molecule has 1 aliphatic heterocycles. The maximum Gasteiger partial charge on any atom is 0.00985 e. The zero-order valence-electron chi connectivity index (χ0n) is 11.1. The van der Waals surface area contributed by atoms with Crippen LogP contribution in [0.3, 0.4) is 0 Å². The van der Waals surface area contributed by atoms with Crippen LogP contribution in [0.25, 0.3) is 0 Å². The van der Waals surface area contributed by atoms with Crippen molar-refractivity contribution in [1.29, 1.82) is 0 Å². The number of hydrogen-bond donors (Lipinski definition) is 1. The summed E-state index contributed by atoms with van der Waals surface area (Å²) in [7, 11) is 0. The molecule has 0 aromatic heterocycles. The highest BCUT2D eigenvalue weighted by Crippen LogP contribution is 2.34. The monoisotopic (exact) mass is 211 g/mol. The van der Waals surface area contributed by atoms with Crippen molar-refractivity contribution in [2.24, 2.45) is 11.8 Å². The molecule has 1 heteroatoms. The predicted octanol–water partition coefficient (Wildman–Crippen LogP) is 3.98. The number of hydrogen-bond acceptors (Lipinski definition) is 1. The van der Waals surface area contributed by atoms with E-state index in [4.69, 9.17) is 0 Å². The first-order valence-electron chi connectivity index (χ1n) is 7.02. The van der Waals surface area contributed by atoms with E-state index in [0.717, 1.165) is 23.9 Å². The average Bonchev–Trinajstić information content (AvgIpc) is 2.68. The van der Waals surface area contributed by atoms with Crippen LogP contribution in [0.1, 0.15) is 66.2 Å². The van der Waals surface area contributed by atoms with Crippen molar-refractivity contribution in [3.63, 3.8) is 0 Å². The Balaban J connectivity index is 2.56. The lowest BCUT2D eigenvalue weighted by atomic mass is 9.80. The molecule has 0 aromatic rings. The van der Waals surface area contributed by atoms with Crippen molar-refractivity contribution >= 4 is 0 Å². The maximum atomic E-state index is 3.81. The van der Waals surface area contributed by atoms with Gasteiger partial charge in [0.25, 0.3) is 0 Å². The highest BCUT2D eigenvalue weighted by atomic mass is 15.0. The minimum absolute atomic E-state index is 0.797. The van der Waals surface area contributed by atoms with Gasteiger partial charge in [0.1, 0.15) is 0 Å². The highest BCUT2D eigenvalue weighted by molar-refractivity contribution is 4.92. The molecule has 1 rings (SSSR count). The molecule has 4 unspecified atom stereocenters. The van der Waals surface area contributed by atoms with Crippen LogP contribution < -0.4 is 5.32 Å². The van der Waals surface area contributed by atoms with Gasteiger partial charge >= 0.3 is 0 Å². The molecule has 90 valence electrons. The lowest BCUT2D eigenvalue weighted by molar-refractivity contribution is 0.268. The first-order valence-corrected chi connectivity index (χ1v) is 7.02. The van der Waals surface area contributed by atoms with Crippen LogP contribution in [0.5, 0.6) is 0 Å². The Kier molecular flexibility index (Phi) is 5.66. The third-order valence-corrected chi connectivity index (χ3v) is 4.25. The van der Waals surface area contributed by atoms with Gasteiger partial charge in [-0.1, -0.05) is 47.0 Å². The van der Waals surface area contributed by atoms with Crippen molar-refractivity contribution in [2.45, 2.75) is 78.3 Å². The minimum Gasteiger partial charge on any atom is -0.311 e. The van der Waals surface area contributed by atoms with Gasteiger partial charge in [0.2, 0.25) is 0 Å². The molecule has 0 spiro atoms. The Hall–Kier alpha value is -0.0400. The SMILES string of the molecule is CCCC(CC)C1CC(CC)NC1CC. The summed E-state index contributed by atoms with van der Waals surface area (Å²) < 4.78 is 0. The zero-order chi connectivity index (χ0) is 11.3. The molecule has 1 N–H and O–H groups in total. The van der Waals surface area contributed by atoms with Crippen LogP contribution in [-0.2, 0) is 0 Å². The molecule has 1 saturated heterocycles. The van der Waals surface area contributed by atoms with Crippen molar-refractivity contribution in [1.82, 2.24) is 5.32 Å². The number of rotatable bonds is 6. The quantitative estimate of drug-likeness (QED) is 0.701. The van der Waals surface area contributed by atoms with E-state index in [1.54, 1.807) is 0 Å². The summed E-state index contributed by atoms with van der Waals surface area (Å²) in [6.45, 7) is 9.34. The Labute approximate surface area is 96.0 Å². The van der Waals surface area contributed by atoms with Crippen LogP contribution in [0.2, 0.25) is 0 Å². The molecule has 1 heterocycles. The molecule has 0 aliphatic carbocycles. The molecular weight excluding hydrogens is 182 g/mol. The Bertz CT molecular complexity index is 167. The summed E-state index contributed by atoms with van der Waals surface area (Å²) in [6.07, 6.45) is 8.18. The Morgan fingerprint density at radius 2 is 1.87 bits per heavy atom. The van der Waals surface area contributed by atoms with Crippen LogP contribution in [0, 0.1) is 11.8 Å². The van der Waals surface area contributed by atoms with E-state index >= 15 is 0 Å². The van der Waals surface area contributed by atoms with Crippen molar-refractivity contribution in [3.05, 3.63) is 0 Å². The van der Waals surface area contributed by atoms with Crippen molar-refractivity contribution in [2.75, 3.05) is 0 Å². The molecule has 0 saturated carbocycles. The van der Waals surface area contributed by atoms with Gasteiger partial charge in [0.05, 0.1) is 0 Å². The molecular formula is C14H29N. The van der Waals surface area contributed by atoms with Gasteiger partial charge in [-0.25, -0.2) is 0 Å². The standard InChI is InChI=1S/C14H29N/c1-5-9-11(6-2)13-10-12(7-3)15-14(13)8-4/h11-15H,5-10H2,1-4H3. The van der Waals surface area contributed by atoms with Gasteiger partial charge in [0, 0.05) is 12.1 Å². The fraction of sp³-hybridized carbons (Fsp3) is 1.00. The van der Waals surface area contributed by atoms with E-state index < -0.39 is 0 Å². The molecule has 0 aromatic carbocycles. The zero-order valence-corrected chi connectivity index (χ0v) is 11.1. The molecule has 0 radical (unpaired) electrons. The fourth-order valence-corrected chi connectivity index (χ4v) is 3.31. The van der Waals surface area contributed by atoms with Gasteiger partial charge in [-0.05, 0) is 31.1 Å². The predicted molar refractivity (Wildman–Crippen MR) is 68.1 cm³/mol. The fourth-order valence-electron chi connectivity index (χ4n) is 3.31. The number of nitrogens with one attached hydrogen (secondary N) is 1. The molecule has 0 bridgehead atoms. The van der Waals surface area contributed by atoms with E-state index in [-0.39, 0.29) is 0 Å². The third kappa shape index (κ3) is 3.21. The molecule has 4 atom stereocenters. The van der Waals surface area contributed by atoms with Crippen LogP contribution >= 0.6 is 0 Å². The third-order valence-electron chi connectivity index (χ3n) is 4.25. The largest absolute Gasteiger partial charge is 0.311 e. The first kappa shape index (κ1) is 13.0. The average molecular weight is 211 g/mol. The van der Waals surface area contributed by atoms with E-state index in [2.05, 4.69) is 33.0 Å². The minimum atomic E-state index is 0.797. The maximum absolute atomic E-state index is 3.81. The Morgan fingerprint density at radius 3 is 2.33 bits per heavy atom. The van der Waals surface area contributed by atoms with Crippen molar-refractivity contribution < 1.29 is 0 Å². The van der Waals surface area contributed by atoms with Gasteiger partial charge < -0.3 is 5.32 Å². The summed E-state index contributed by atoms with van der Waals surface area (Å²) in [5.41, 5.74) is 0. The summed E-state index contributed by atoms with van der Waals surface area (Å²) in [5.74, 6) is 1.91. The van der Waals surface area contributed by atoms with E-state index in [1.807, 2.05) is 0 Å². The van der Waals surface area contributed by atoms with Gasteiger partial charge in [-0.2, -0.15) is 0 Å². The van der Waals surface area contributed by atoms with Crippen LogP contribution in [-0.4, -0.2) is 12.1 Å². The summed E-state index contributed by atoms with van der Waals surface area (Å²) in [4.78, 5) is 0. The van der Waals surface area contributed by atoms with E-state index in [1.165, 1.54) is 38.5 Å². The topological polar surface area (TPSA) is 12.0 Å². The summed E-state index contributed by atoms with van der Waals surface area (Å²) in [6, 6.07) is 1.59. The second-order valence-electron chi connectivity index (χ2n) is 5.14. The van der Waals surface area contributed by atoms with Gasteiger partial charge in [0.15, 0.2) is 0 Å². The molecule has 1 nitrogen and oxygen atoms in total. The van der Waals surface area contributed by atoms with Crippen molar-refractivity contribution in [3.8, 4) is 0 Å². The molecule has 1 aliphatic rings.